The van der Waals surface area contributed by atoms with Crippen molar-refractivity contribution in [3.63, 3.8) is 0 Å². The molecule has 71 heavy (non-hydrogen) atoms. The average Bonchev–Trinajstić information content (AvgIpc) is 3.78. The Morgan fingerprint density at radius 2 is 0.648 bits per heavy atom. The third-order valence-corrected chi connectivity index (χ3v) is 25.7. The predicted molar refractivity (Wildman–Crippen MR) is 303 cm³/mol. The van der Waals surface area contributed by atoms with Crippen LogP contribution in [0.2, 0.25) is 0 Å². The molecule has 0 aliphatic heterocycles. The lowest BCUT2D eigenvalue weighted by atomic mass is 9.60. The number of hydrogen-bond donors (Lipinski definition) is 0. The molecule has 1 heterocycles. The third-order valence-electron chi connectivity index (χ3n) is 16.1. The molecule has 0 N–H and O–H groups in total. The van der Waals surface area contributed by atoms with Gasteiger partial charge in [-0.3, -0.25) is 0 Å². The number of para-hydroxylation sites is 1. The summed E-state index contributed by atoms with van der Waals surface area (Å²) >= 11 is 0. The summed E-state index contributed by atoms with van der Waals surface area (Å²) in [6.07, 6.45) is 0. The van der Waals surface area contributed by atoms with Gasteiger partial charge in [-0.1, -0.05) is 267 Å². The van der Waals surface area contributed by atoms with Crippen LogP contribution in [0.25, 0.3) is 27.5 Å². The summed E-state index contributed by atoms with van der Waals surface area (Å²) in [6, 6.07) is 109. The molecule has 2 unspecified atom stereocenters. The number of rotatable bonds is 9. The van der Waals surface area contributed by atoms with Gasteiger partial charge >= 0.3 is 0 Å². The normalized spacial score (nSPS) is 14.8. The summed E-state index contributed by atoms with van der Waals surface area (Å²) in [5.74, 6) is 0.0653. The quantitative estimate of drug-likeness (QED) is 0.100. The number of fused-ring (bicyclic) bond motifs is 3. The first-order chi connectivity index (χ1) is 35.3. The standard InChI is InChI=1S/C68H49NSi2/c1-7-25-48(26-8-1)70(49-27-9-2-10-28-49,50-29-11-3-12-30-50)54-45-46-56-55-37-21-22-42-61(55)69(63(56)47-54)62-43-23-40-59-65-57-38-19-20-39-58(57)68(66(59)62)67-60(65)41-24-44-64(67)71(51-31-13-4-14-32-51,52-33-15-5-16-34-52)53-35-17-6-18-36-53/h1-47,65,68H. The minimum atomic E-state index is -2.96. The fraction of sp³-hybridized carbons (Fsp3) is 0.0294. The van der Waals surface area contributed by atoms with E-state index in [1.165, 1.54) is 102 Å². The Morgan fingerprint density at radius 1 is 0.254 bits per heavy atom. The highest BCUT2D eigenvalue weighted by atomic mass is 28.3. The Bertz CT molecular complexity index is 3730. The Kier molecular flexibility index (Phi) is 9.77. The molecule has 3 heteroatoms. The minimum absolute atomic E-state index is 0.0116. The number of nitrogens with zero attached hydrogens (tertiary/aromatic N) is 1. The zero-order chi connectivity index (χ0) is 46.9. The Labute approximate surface area is 417 Å². The zero-order valence-electron chi connectivity index (χ0n) is 39.2. The van der Waals surface area contributed by atoms with Gasteiger partial charge in [0.25, 0.3) is 0 Å². The predicted octanol–water partition coefficient (Wildman–Crippen LogP) is 10.5. The molecule has 3 aliphatic rings. The van der Waals surface area contributed by atoms with Crippen LogP contribution in [0.15, 0.2) is 285 Å². The van der Waals surface area contributed by atoms with Gasteiger partial charge in [0.2, 0.25) is 0 Å². The van der Waals surface area contributed by atoms with Crippen molar-refractivity contribution in [1.29, 1.82) is 0 Å². The second-order valence-corrected chi connectivity index (χ2v) is 26.9. The van der Waals surface area contributed by atoms with Crippen LogP contribution in [-0.4, -0.2) is 20.7 Å². The molecule has 12 aromatic rings. The molecule has 0 spiro atoms. The van der Waals surface area contributed by atoms with E-state index < -0.39 is 16.1 Å². The second-order valence-electron chi connectivity index (χ2n) is 19.4. The minimum Gasteiger partial charge on any atom is -0.309 e. The molecule has 0 saturated heterocycles. The molecule has 0 radical (unpaired) electrons. The molecule has 2 atom stereocenters. The van der Waals surface area contributed by atoms with E-state index in [0.29, 0.717) is 0 Å². The van der Waals surface area contributed by atoms with E-state index in [4.69, 9.17) is 0 Å². The van der Waals surface area contributed by atoms with Crippen LogP contribution in [0.1, 0.15) is 45.2 Å². The van der Waals surface area contributed by atoms with Crippen molar-refractivity contribution in [2.24, 2.45) is 0 Å². The molecule has 3 aliphatic carbocycles. The molecule has 1 nitrogen and oxygen atoms in total. The highest BCUT2D eigenvalue weighted by Gasteiger charge is 2.50. The lowest BCUT2D eigenvalue weighted by molar-refractivity contribution is 0.752. The molecule has 0 fully saturated rings. The highest BCUT2D eigenvalue weighted by Crippen LogP contribution is 2.57. The van der Waals surface area contributed by atoms with Crippen molar-refractivity contribution in [3.05, 3.63) is 318 Å². The van der Waals surface area contributed by atoms with Crippen LogP contribution in [-0.2, 0) is 0 Å². The topological polar surface area (TPSA) is 4.93 Å². The van der Waals surface area contributed by atoms with Crippen LogP contribution in [0.4, 0.5) is 0 Å². The number of benzene rings is 11. The monoisotopic (exact) mass is 935 g/mol. The second kappa shape index (κ2) is 16.7. The van der Waals surface area contributed by atoms with Crippen molar-refractivity contribution in [2.45, 2.75) is 11.8 Å². The largest absolute Gasteiger partial charge is 0.309 e. The van der Waals surface area contributed by atoms with Gasteiger partial charge in [0.05, 0.1) is 16.7 Å². The van der Waals surface area contributed by atoms with E-state index in [0.717, 1.165) is 0 Å². The van der Waals surface area contributed by atoms with Gasteiger partial charge in [-0.15, -0.1) is 0 Å². The van der Waals surface area contributed by atoms with Gasteiger partial charge in [0.15, 0.2) is 16.1 Å². The molecule has 0 amide bonds. The lowest BCUT2D eigenvalue weighted by Crippen LogP contribution is -2.75. The first-order valence-electron chi connectivity index (χ1n) is 25.0. The van der Waals surface area contributed by atoms with Gasteiger partial charge in [0, 0.05) is 22.6 Å². The molecule has 15 rings (SSSR count). The SMILES string of the molecule is c1ccc([Si](c2ccccc2)(c2ccccc2)c2ccc3c4ccccc4n(-c4cccc5c4C4c6ccccc6C5c5cccc([Si](c6ccccc6)(c6ccccc6)c6ccccc6)c54)c3c2)cc1. The fourth-order valence-electron chi connectivity index (χ4n) is 13.4. The van der Waals surface area contributed by atoms with Gasteiger partial charge in [0.1, 0.15) is 0 Å². The smallest absolute Gasteiger partial charge is 0.179 e. The molecule has 334 valence electrons. The van der Waals surface area contributed by atoms with Crippen LogP contribution >= 0.6 is 0 Å². The van der Waals surface area contributed by atoms with Crippen molar-refractivity contribution in [3.8, 4) is 5.69 Å². The summed E-state index contributed by atoms with van der Waals surface area (Å²) in [6.45, 7) is 0. The van der Waals surface area contributed by atoms with Crippen molar-refractivity contribution >= 4 is 79.4 Å². The summed E-state index contributed by atoms with van der Waals surface area (Å²) in [5, 5.41) is 13.7. The summed E-state index contributed by atoms with van der Waals surface area (Å²) < 4.78 is 2.65. The Hall–Kier alpha value is -8.35. The van der Waals surface area contributed by atoms with Crippen molar-refractivity contribution in [1.82, 2.24) is 4.57 Å². The summed E-state index contributed by atoms with van der Waals surface area (Å²) in [7, 11) is -5.82. The lowest BCUT2D eigenvalue weighted by Gasteiger charge is -2.46. The van der Waals surface area contributed by atoms with Crippen LogP contribution in [0.5, 0.6) is 0 Å². The maximum Gasteiger partial charge on any atom is 0.179 e. The van der Waals surface area contributed by atoms with Gasteiger partial charge in [-0.2, -0.15) is 0 Å². The summed E-state index contributed by atoms with van der Waals surface area (Å²) in [4.78, 5) is 0. The molecule has 11 aromatic carbocycles. The maximum atomic E-state index is 2.65. The molecular formula is C68H49NSi2. The molecule has 0 saturated carbocycles. The van der Waals surface area contributed by atoms with Crippen LogP contribution < -0.4 is 41.5 Å². The van der Waals surface area contributed by atoms with E-state index in [2.05, 4.69) is 290 Å². The van der Waals surface area contributed by atoms with Gasteiger partial charge in [-0.25, -0.2) is 0 Å². The molecule has 2 bridgehead atoms. The molecule has 1 aromatic heterocycles. The number of hydrogen-bond acceptors (Lipinski definition) is 0. The van der Waals surface area contributed by atoms with E-state index >= 15 is 0 Å². The maximum absolute atomic E-state index is 2.96. The first kappa shape index (κ1) is 41.6. The molecular weight excluding hydrogens is 887 g/mol. The van der Waals surface area contributed by atoms with E-state index in [1.54, 1.807) is 0 Å². The van der Waals surface area contributed by atoms with E-state index in [1.807, 2.05) is 0 Å². The Morgan fingerprint density at radius 3 is 1.17 bits per heavy atom. The third kappa shape index (κ3) is 6.04. The van der Waals surface area contributed by atoms with Crippen molar-refractivity contribution < 1.29 is 0 Å². The van der Waals surface area contributed by atoms with Crippen LogP contribution in [0, 0.1) is 0 Å². The van der Waals surface area contributed by atoms with Gasteiger partial charge in [-0.05, 0) is 93.1 Å². The highest BCUT2D eigenvalue weighted by molar-refractivity contribution is 7.20. The van der Waals surface area contributed by atoms with Crippen molar-refractivity contribution in [2.75, 3.05) is 0 Å². The Balaban J connectivity index is 1.09. The van der Waals surface area contributed by atoms with E-state index in [9.17, 15) is 0 Å². The average molecular weight is 936 g/mol. The van der Waals surface area contributed by atoms with Gasteiger partial charge < -0.3 is 4.57 Å². The number of aromatic nitrogens is 1. The zero-order valence-corrected chi connectivity index (χ0v) is 41.2. The van der Waals surface area contributed by atoms with Crippen LogP contribution in [0.3, 0.4) is 0 Å². The first-order valence-corrected chi connectivity index (χ1v) is 29.0. The fourth-order valence-corrected chi connectivity index (χ4v) is 23.2. The van der Waals surface area contributed by atoms with E-state index in [-0.39, 0.29) is 11.8 Å². The summed E-state index contributed by atoms with van der Waals surface area (Å²) in [5.41, 5.74) is 12.3.